The Kier molecular flexibility index (Phi) is 18.7. The third kappa shape index (κ3) is 15.2. The van der Waals surface area contributed by atoms with Crippen LogP contribution in [0.5, 0.6) is 0 Å². The van der Waals surface area contributed by atoms with Crippen LogP contribution in [0, 0.1) is 5.41 Å². The van der Waals surface area contributed by atoms with Crippen molar-refractivity contribution >= 4 is 75.0 Å². The molecule has 3 amide bonds. The number of thioether (sulfide) groups is 1. The van der Waals surface area contributed by atoms with Crippen LogP contribution in [0.4, 0.5) is 5.82 Å². The molecule has 1 saturated heterocycles. The maximum Gasteiger partial charge on any atom is 0.481 e. The van der Waals surface area contributed by atoms with Crippen molar-refractivity contribution in [3.63, 3.8) is 0 Å². The number of aliphatic hydroxyl groups excluding tert-OH is 3. The molecule has 0 saturated carbocycles. The second-order valence-corrected chi connectivity index (χ2v) is 20.7. The molecule has 12 N–H and O–H groups in total. The minimum Gasteiger partial charge on any atom is -0.386 e. The van der Waals surface area contributed by atoms with Gasteiger partial charge in [0.25, 0.3) is 5.91 Å². The molecule has 4 aromatic rings. The van der Waals surface area contributed by atoms with E-state index in [9.17, 15) is 67.8 Å². The Morgan fingerprint density at radius 3 is 2.22 bits per heavy atom. The molecule has 2 aromatic carbocycles. The number of imidazole rings is 1. The number of hydrogen-bond acceptors (Lipinski definition) is 20. The SMILES string of the molecule is CC(C)(COP(=O)(O)OP(=O)(O)OC[C@H]1O[C@@H](n2cnc3c(N)ncnc32)[C@H](O)[C@@H]1OP(=O)(O)O)[C@@H](O)C(=O)NCCC(=O)NCCSC(=O)[C@H](O)[C@@H](NC(=O)c1ccccc1)c1ccccc1. The first-order valence-electron chi connectivity index (χ1n) is 20.0. The average molecular weight is 1030 g/mol. The highest BCUT2D eigenvalue weighted by atomic mass is 32.2. The molecule has 5 rings (SSSR count). The van der Waals surface area contributed by atoms with Gasteiger partial charge in [-0.1, -0.05) is 74.1 Å². The zero-order valence-corrected chi connectivity index (χ0v) is 39.4. The number of rotatable bonds is 24. The van der Waals surface area contributed by atoms with E-state index in [0.29, 0.717) is 11.1 Å². The number of aliphatic hydroxyl groups is 3. The van der Waals surface area contributed by atoms with E-state index >= 15 is 0 Å². The van der Waals surface area contributed by atoms with Gasteiger partial charge in [-0.3, -0.25) is 37.3 Å². The molecule has 0 spiro atoms. The largest absolute Gasteiger partial charge is 0.481 e. The molecule has 0 aliphatic carbocycles. The van der Waals surface area contributed by atoms with Gasteiger partial charge >= 0.3 is 23.5 Å². The first kappa shape index (κ1) is 54.4. The van der Waals surface area contributed by atoms with Crippen molar-refractivity contribution < 1.29 is 90.4 Å². The van der Waals surface area contributed by atoms with E-state index in [-0.39, 0.29) is 42.2 Å². The van der Waals surface area contributed by atoms with Crippen LogP contribution >= 0.6 is 35.2 Å². The number of hydrogen-bond donors (Lipinski definition) is 11. The molecule has 68 heavy (non-hydrogen) atoms. The smallest absolute Gasteiger partial charge is 0.386 e. The van der Waals surface area contributed by atoms with Gasteiger partial charge in [-0.25, -0.2) is 28.6 Å². The van der Waals surface area contributed by atoms with Crippen molar-refractivity contribution in [2.75, 3.05) is 37.8 Å². The first-order valence-corrected chi connectivity index (χ1v) is 25.5. The Bertz CT molecular complexity index is 2540. The molecule has 0 bridgehead atoms. The molecule has 1 fully saturated rings. The average Bonchev–Trinajstić information content (AvgIpc) is 3.85. The van der Waals surface area contributed by atoms with E-state index in [1.54, 1.807) is 60.7 Å². The second kappa shape index (κ2) is 23.4. The fourth-order valence-electron chi connectivity index (χ4n) is 6.32. The predicted octanol–water partition coefficient (Wildman–Crippen LogP) is 0.197. The van der Waals surface area contributed by atoms with E-state index in [1.165, 1.54) is 13.8 Å². The van der Waals surface area contributed by atoms with Crippen molar-refractivity contribution in [1.82, 2.24) is 35.5 Å². The molecule has 2 aromatic heterocycles. The summed E-state index contributed by atoms with van der Waals surface area (Å²) in [6.07, 6.45) is -8.85. The van der Waals surface area contributed by atoms with Crippen LogP contribution in [0.2, 0.25) is 0 Å². The molecule has 31 heteroatoms. The number of phosphoric ester groups is 3. The van der Waals surface area contributed by atoms with Gasteiger partial charge < -0.3 is 61.3 Å². The zero-order chi connectivity index (χ0) is 50.0. The molecule has 0 radical (unpaired) electrons. The van der Waals surface area contributed by atoms with Gasteiger partial charge in [-0.15, -0.1) is 0 Å². The summed E-state index contributed by atoms with van der Waals surface area (Å²) in [7, 11) is -16.5. The number of ether oxygens (including phenoxy) is 1. The maximum atomic E-state index is 12.9. The lowest BCUT2D eigenvalue weighted by atomic mass is 9.87. The number of carbonyl (C=O) groups is 4. The van der Waals surface area contributed by atoms with Crippen LogP contribution in [-0.2, 0) is 50.7 Å². The molecule has 372 valence electrons. The number of nitrogens with one attached hydrogen (secondary N) is 3. The highest BCUT2D eigenvalue weighted by molar-refractivity contribution is 8.13. The Morgan fingerprint density at radius 1 is 0.912 bits per heavy atom. The lowest BCUT2D eigenvalue weighted by Gasteiger charge is -2.30. The lowest BCUT2D eigenvalue weighted by Crippen LogP contribution is -2.46. The topological polar surface area (TPSA) is 413 Å². The molecular formula is C37H49N8O19P3S. The minimum atomic E-state index is -5.62. The van der Waals surface area contributed by atoms with E-state index in [2.05, 4.69) is 39.7 Å². The number of carbonyl (C=O) groups excluding carboxylic acids is 4. The van der Waals surface area contributed by atoms with Gasteiger partial charge in [-0.05, 0) is 17.7 Å². The molecule has 3 heterocycles. The fraction of sp³-hybridized carbons (Fsp3) is 0.432. The van der Waals surface area contributed by atoms with E-state index in [0.717, 1.165) is 29.0 Å². The van der Waals surface area contributed by atoms with Crippen LogP contribution in [0.15, 0.2) is 73.3 Å². The molecule has 27 nitrogen and oxygen atoms in total. The van der Waals surface area contributed by atoms with Crippen LogP contribution in [0.25, 0.3) is 11.2 Å². The highest BCUT2D eigenvalue weighted by Crippen LogP contribution is 2.61. The van der Waals surface area contributed by atoms with Gasteiger partial charge in [0.1, 0.15) is 42.4 Å². The number of nitrogen functional groups attached to an aromatic ring is 1. The summed E-state index contributed by atoms with van der Waals surface area (Å²) in [6, 6.07) is 15.6. The second-order valence-electron chi connectivity index (χ2n) is 15.4. The number of aromatic nitrogens is 4. The quantitative estimate of drug-likeness (QED) is 0.0330. The van der Waals surface area contributed by atoms with Crippen molar-refractivity contribution in [2.45, 2.75) is 63.1 Å². The van der Waals surface area contributed by atoms with Gasteiger partial charge in [-0.2, -0.15) is 4.31 Å². The third-order valence-electron chi connectivity index (χ3n) is 9.78. The van der Waals surface area contributed by atoms with Crippen molar-refractivity contribution in [1.29, 1.82) is 0 Å². The molecular weight excluding hydrogens is 985 g/mol. The lowest BCUT2D eigenvalue weighted by molar-refractivity contribution is -0.137. The Morgan fingerprint density at radius 2 is 1.56 bits per heavy atom. The van der Waals surface area contributed by atoms with Gasteiger partial charge in [0.15, 0.2) is 17.7 Å². The van der Waals surface area contributed by atoms with Crippen LogP contribution in [-0.4, -0.2) is 140 Å². The van der Waals surface area contributed by atoms with Crippen molar-refractivity contribution in [2.24, 2.45) is 5.41 Å². The molecule has 2 unspecified atom stereocenters. The zero-order valence-electron chi connectivity index (χ0n) is 35.9. The van der Waals surface area contributed by atoms with E-state index in [1.807, 2.05) is 0 Å². The summed E-state index contributed by atoms with van der Waals surface area (Å²) < 4.78 is 62.4. The monoisotopic (exact) mass is 1030 g/mol. The van der Waals surface area contributed by atoms with E-state index < -0.39 is 108 Å². The van der Waals surface area contributed by atoms with Gasteiger partial charge in [0, 0.05) is 36.2 Å². The number of amides is 3. The number of nitrogens with zero attached hydrogens (tertiary/aromatic N) is 4. The number of nitrogens with two attached hydrogens (primary N) is 1. The first-order chi connectivity index (χ1) is 31.9. The Labute approximate surface area is 390 Å². The Hall–Kier alpha value is -4.57. The predicted molar refractivity (Wildman–Crippen MR) is 236 cm³/mol. The summed E-state index contributed by atoms with van der Waals surface area (Å²) in [6.45, 7) is 0.0346. The fourth-order valence-corrected chi connectivity index (χ4v) is 9.86. The van der Waals surface area contributed by atoms with Crippen LogP contribution in [0.1, 0.15) is 48.5 Å². The summed E-state index contributed by atoms with van der Waals surface area (Å²) in [5.41, 5.74) is 5.00. The van der Waals surface area contributed by atoms with Crippen LogP contribution < -0.4 is 21.7 Å². The van der Waals surface area contributed by atoms with Crippen molar-refractivity contribution in [3.8, 4) is 0 Å². The van der Waals surface area contributed by atoms with Crippen molar-refractivity contribution in [3.05, 3.63) is 84.4 Å². The van der Waals surface area contributed by atoms with Gasteiger partial charge in [0.2, 0.25) is 16.9 Å². The third-order valence-corrected chi connectivity index (χ3v) is 13.8. The standard InChI is InChI=1S/C37H49N8O19P3S/c1-37(2,18-61-67(58,59)64-66(56,57)60-17-23-29(63-65(53,54)55)28(48)35(62-23)45-20-43-26-31(38)41-19-42-32(26)45)30(49)34(51)40-14-13-24(46)39-15-16-68-36(52)27(47)25(21-9-5-3-6-10-21)44-33(50)22-11-7-4-8-12-22/h3-12,19-20,23,25,27-30,35,47-49H,13-18H2,1-2H3,(H,39,46)(H,40,51)(H,44,50)(H,56,57)(H,58,59)(H2,38,41,42)(H2,53,54,55)/t23-,25+,27-,28-,29-,30+,35-/m1/s1. The number of fused-ring (bicyclic) bond motifs is 1. The summed E-state index contributed by atoms with van der Waals surface area (Å²) >= 11 is 0.723. The number of phosphoric acid groups is 3. The summed E-state index contributed by atoms with van der Waals surface area (Å²) in [5.74, 6) is -2.12. The Balaban J connectivity index is 1.03. The normalized spacial score (nSPS) is 20.7. The highest BCUT2D eigenvalue weighted by Gasteiger charge is 2.50. The van der Waals surface area contributed by atoms with Gasteiger partial charge in [0.05, 0.1) is 25.6 Å². The molecule has 9 atom stereocenters. The number of benzene rings is 2. The molecule has 1 aliphatic rings. The summed E-state index contributed by atoms with van der Waals surface area (Å²) in [5, 5.41) is 39.4. The van der Waals surface area contributed by atoms with E-state index in [4.69, 9.17) is 19.5 Å². The maximum absolute atomic E-state index is 12.9. The number of anilines is 1. The molecule has 1 aliphatic heterocycles. The minimum absolute atomic E-state index is 0.0149. The van der Waals surface area contributed by atoms with Crippen LogP contribution in [0.3, 0.4) is 0 Å². The summed E-state index contributed by atoms with van der Waals surface area (Å²) in [4.78, 5) is 102.